The van der Waals surface area contributed by atoms with Crippen LogP contribution >= 0.6 is 23.1 Å². The zero-order valence-electron chi connectivity index (χ0n) is 17.7. The van der Waals surface area contributed by atoms with Crippen LogP contribution in [0.4, 0.5) is 5.69 Å². The number of amides is 2. The van der Waals surface area contributed by atoms with E-state index in [9.17, 15) is 9.59 Å². The highest BCUT2D eigenvalue weighted by atomic mass is 32.2. The van der Waals surface area contributed by atoms with Gasteiger partial charge >= 0.3 is 0 Å². The van der Waals surface area contributed by atoms with Crippen LogP contribution in [0.1, 0.15) is 36.2 Å². The highest BCUT2D eigenvalue weighted by Gasteiger charge is 2.25. The smallest absolute Gasteiger partial charge is 0.234 e. The molecule has 30 heavy (non-hydrogen) atoms. The highest BCUT2D eigenvalue weighted by Crippen LogP contribution is 2.29. The van der Waals surface area contributed by atoms with Gasteiger partial charge in [-0.05, 0) is 62.4 Å². The molecule has 0 spiro atoms. The molecule has 0 aliphatic carbocycles. The van der Waals surface area contributed by atoms with Crippen molar-refractivity contribution in [2.24, 2.45) is 5.92 Å². The van der Waals surface area contributed by atoms with Gasteiger partial charge < -0.3 is 10.6 Å². The first-order valence-corrected chi connectivity index (χ1v) is 12.5. The zero-order chi connectivity index (χ0) is 21.3. The van der Waals surface area contributed by atoms with Gasteiger partial charge in [0.25, 0.3) is 0 Å². The fourth-order valence-corrected chi connectivity index (χ4v) is 5.07. The van der Waals surface area contributed by atoms with Crippen LogP contribution in [-0.4, -0.2) is 47.9 Å². The lowest BCUT2D eigenvalue weighted by atomic mass is 9.97. The predicted octanol–water partition coefficient (Wildman–Crippen LogP) is 4.32. The largest absolute Gasteiger partial charge is 0.353 e. The summed E-state index contributed by atoms with van der Waals surface area (Å²) >= 11 is 3.09. The first kappa shape index (κ1) is 22.8. The number of nitrogens with one attached hydrogen (secondary N) is 2. The first-order chi connectivity index (χ1) is 14.5. The van der Waals surface area contributed by atoms with Crippen molar-refractivity contribution in [2.45, 2.75) is 32.7 Å². The average molecular weight is 446 g/mol. The molecule has 1 atom stereocenters. The van der Waals surface area contributed by atoms with Gasteiger partial charge in [0.2, 0.25) is 11.8 Å². The molecule has 0 saturated carbocycles. The molecule has 2 aromatic rings. The molecule has 2 amide bonds. The molecule has 3 rings (SSSR count). The molecule has 0 radical (unpaired) electrons. The Labute approximate surface area is 187 Å². The van der Waals surface area contributed by atoms with E-state index in [1.807, 2.05) is 31.2 Å². The van der Waals surface area contributed by atoms with Gasteiger partial charge in [-0.3, -0.25) is 14.5 Å². The maximum Gasteiger partial charge on any atom is 0.234 e. The molecule has 5 nitrogen and oxygen atoms in total. The molecule has 1 saturated heterocycles. The van der Waals surface area contributed by atoms with Crippen LogP contribution in [0, 0.1) is 12.8 Å². The Balaban J connectivity index is 1.40. The van der Waals surface area contributed by atoms with Crippen LogP contribution in [0.5, 0.6) is 0 Å². The average Bonchev–Trinajstić information content (AvgIpc) is 3.26. The highest BCUT2D eigenvalue weighted by molar-refractivity contribution is 8.00. The Bertz CT molecular complexity index is 800. The van der Waals surface area contributed by atoms with Crippen LogP contribution in [0.25, 0.3) is 0 Å². The lowest BCUT2D eigenvalue weighted by molar-refractivity contribution is -0.118. The third-order valence-corrected chi connectivity index (χ3v) is 7.33. The molecule has 1 fully saturated rings. The third kappa shape index (κ3) is 7.15. The zero-order valence-corrected chi connectivity index (χ0v) is 19.4. The molecular formula is C23H31N3O2S2. The van der Waals surface area contributed by atoms with E-state index in [0.717, 1.165) is 30.3 Å². The van der Waals surface area contributed by atoms with Gasteiger partial charge in [0.1, 0.15) is 0 Å². The molecule has 162 valence electrons. The summed E-state index contributed by atoms with van der Waals surface area (Å²) in [6.07, 6.45) is 2.42. The van der Waals surface area contributed by atoms with E-state index in [-0.39, 0.29) is 29.4 Å². The van der Waals surface area contributed by atoms with Gasteiger partial charge in [-0.15, -0.1) is 23.1 Å². The van der Waals surface area contributed by atoms with Crippen molar-refractivity contribution in [1.82, 2.24) is 10.2 Å². The molecule has 1 aromatic heterocycles. The normalized spacial score (nSPS) is 16.2. The Kier molecular flexibility index (Phi) is 8.78. The second kappa shape index (κ2) is 11.5. The van der Waals surface area contributed by atoms with E-state index in [1.54, 1.807) is 11.3 Å². The van der Waals surface area contributed by atoms with Gasteiger partial charge in [-0.2, -0.15) is 0 Å². The summed E-state index contributed by atoms with van der Waals surface area (Å²) in [5.41, 5.74) is 1.93. The summed E-state index contributed by atoms with van der Waals surface area (Å²) in [5.74, 6) is 1.22. The molecule has 0 bridgehead atoms. The van der Waals surface area contributed by atoms with Crippen molar-refractivity contribution in [3.63, 3.8) is 0 Å². The summed E-state index contributed by atoms with van der Waals surface area (Å²) in [4.78, 5) is 28.2. The second-order valence-corrected chi connectivity index (χ2v) is 9.93. The maximum absolute atomic E-state index is 12.4. The van der Waals surface area contributed by atoms with Crippen molar-refractivity contribution in [3.8, 4) is 0 Å². The van der Waals surface area contributed by atoms with E-state index < -0.39 is 0 Å². The number of likely N-dealkylation sites (tertiary alicyclic amines) is 1. The molecule has 1 aliphatic heterocycles. The van der Waals surface area contributed by atoms with E-state index in [0.29, 0.717) is 6.54 Å². The number of hydrogen-bond donors (Lipinski definition) is 2. The number of carbonyl (C=O) groups excluding carboxylic acids is 2. The molecule has 7 heteroatoms. The van der Waals surface area contributed by atoms with Crippen molar-refractivity contribution >= 4 is 40.6 Å². The SMILES string of the molecule is Cc1ccc(NC(=O)CSCC(=O)NCC(c2cccs2)N2CCC(C)CC2)cc1. The van der Waals surface area contributed by atoms with Crippen molar-refractivity contribution < 1.29 is 9.59 Å². The number of benzene rings is 1. The minimum Gasteiger partial charge on any atom is -0.353 e. The van der Waals surface area contributed by atoms with E-state index in [4.69, 9.17) is 0 Å². The standard InChI is InChI=1S/C23H31N3O2S2/c1-17-5-7-19(8-6-17)25-23(28)16-29-15-22(27)24-14-20(21-4-3-13-30-21)26-11-9-18(2)10-12-26/h3-8,13,18,20H,9-12,14-16H2,1-2H3,(H,24,27)(H,25,28). The maximum atomic E-state index is 12.4. The van der Waals surface area contributed by atoms with Crippen LogP contribution < -0.4 is 10.6 Å². The number of piperidine rings is 1. The Hall–Kier alpha value is -1.83. The monoisotopic (exact) mass is 445 g/mol. The quantitative estimate of drug-likeness (QED) is 0.604. The minimum atomic E-state index is -0.0875. The molecular weight excluding hydrogens is 414 g/mol. The summed E-state index contributed by atoms with van der Waals surface area (Å²) in [6.45, 7) is 7.09. The predicted molar refractivity (Wildman–Crippen MR) is 127 cm³/mol. The van der Waals surface area contributed by atoms with E-state index in [2.05, 4.69) is 40.0 Å². The van der Waals surface area contributed by atoms with Crippen LogP contribution in [0.3, 0.4) is 0 Å². The van der Waals surface area contributed by atoms with Gasteiger partial charge in [-0.25, -0.2) is 0 Å². The number of hydrogen-bond acceptors (Lipinski definition) is 5. The molecule has 1 aliphatic rings. The lowest BCUT2D eigenvalue weighted by Crippen LogP contribution is -2.42. The number of rotatable bonds is 9. The Morgan fingerprint density at radius 2 is 1.83 bits per heavy atom. The number of thiophene rings is 1. The first-order valence-electron chi connectivity index (χ1n) is 10.5. The number of aryl methyl sites for hydroxylation is 1. The number of carbonyl (C=O) groups is 2. The molecule has 2 heterocycles. The fraction of sp³-hybridized carbons (Fsp3) is 0.478. The second-order valence-electron chi connectivity index (χ2n) is 7.96. The van der Waals surface area contributed by atoms with Gasteiger partial charge in [0.05, 0.1) is 17.5 Å². The Morgan fingerprint density at radius 3 is 2.50 bits per heavy atom. The van der Waals surface area contributed by atoms with Gasteiger partial charge in [-0.1, -0.05) is 30.7 Å². The summed E-state index contributed by atoms with van der Waals surface area (Å²) in [6, 6.07) is 12.2. The van der Waals surface area contributed by atoms with Crippen LogP contribution in [-0.2, 0) is 9.59 Å². The number of nitrogens with zero attached hydrogens (tertiary/aromatic N) is 1. The fourth-order valence-electron chi connectivity index (χ4n) is 3.56. The summed E-state index contributed by atoms with van der Waals surface area (Å²) in [5, 5.41) is 8.04. The molecule has 2 N–H and O–H groups in total. The van der Waals surface area contributed by atoms with Crippen LogP contribution in [0.15, 0.2) is 41.8 Å². The number of thioether (sulfide) groups is 1. The van der Waals surface area contributed by atoms with E-state index >= 15 is 0 Å². The topological polar surface area (TPSA) is 61.4 Å². The molecule has 1 unspecified atom stereocenters. The molecule has 1 aromatic carbocycles. The van der Waals surface area contributed by atoms with E-state index in [1.165, 1.54) is 29.5 Å². The minimum absolute atomic E-state index is 0.0185. The van der Waals surface area contributed by atoms with Crippen LogP contribution in [0.2, 0.25) is 0 Å². The summed E-state index contributed by atoms with van der Waals surface area (Å²) in [7, 11) is 0. The Morgan fingerprint density at radius 1 is 1.13 bits per heavy atom. The van der Waals surface area contributed by atoms with Gasteiger partial charge in [0, 0.05) is 17.1 Å². The van der Waals surface area contributed by atoms with Crippen molar-refractivity contribution in [3.05, 3.63) is 52.2 Å². The lowest BCUT2D eigenvalue weighted by Gasteiger charge is -2.36. The summed E-state index contributed by atoms with van der Waals surface area (Å²) < 4.78 is 0. The van der Waals surface area contributed by atoms with Gasteiger partial charge in [0.15, 0.2) is 0 Å². The third-order valence-electron chi connectivity index (χ3n) is 5.42. The van der Waals surface area contributed by atoms with Crippen molar-refractivity contribution in [1.29, 1.82) is 0 Å². The number of anilines is 1. The van der Waals surface area contributed by atoms with Crippen molar-refractivity contribution in [2.75, 3.05) is 36.5 Å².